The third kappa shape index (κ3) is 2.90. The number of fused-ring (bicyclic) bond motifs is 2. The summed E-state index contributed by atoms with van der Waals surface area (Å²) in [5, 5.41) is 5.56. The molecule has 2 N–H and O–H groups in total. The van der Waals surface area contributed by atoms with Crippen LogP contribution in [0.3, 0.4) is 0 Å². The zero-order chi connectivity index (χ0) is 20.0. The van der Waals surface area contributed by atoms with Crippen LogP contribution in [0.2, 0.25) is 0 Å². The van der Waals surface area contributed by atoms with Crippen molar-refractivity contribution >= 4 is 16.9 Å². The lowest BCUT2D eigenvalue weighted by Crippen LogP contribution is -2.20. The number of benzene rings is 2. The highest BCUT2D eigenvalue weighted by Crippen LogP contribution is 2.36. The van der Waals surface area contributed by atoms with E-state index >= 15 is 0 Å². The molecule has 0 saturated carbocycles. The molecule has 2 heterocycles. The first-order valence-electron chi connectivity index (χ1n) is 9.55. The van der Waals surface area contributed by atoms with E-state index in [9.17, 15) is 4.39 Å². The van der Waals surface area contributed by atoms with Gasteiger partial charge in [0.25, 0.3) is 0 Å². The van der Waals surface area contributed by atoms with Crippen molar-refractivity contribution in [3.63, 3.8) is 0 Å². The average molecular weight is 389 g/mol. The highest BCUT2D eigenvalue weighted by atomic mass is 19.1. The van der Waals surface area contributed by atoms with E-state index in [-0.39, 0.29) is 11.8 Å². The normalized spacial score (nSPS) is 16.0. The fraction of sp³-hybridized carbons (Fsp3) is 0.227. The predicted octanol–water partition coefficient (Wildman–Crippen LogP) is 3.95. The Kier molecular flexibility index (Phi) is 4.16. The van der Waals surface area contributed by atoms with Crippen molar-refractivity contribution in [1.82, 2.24) is 19.7 Å². The van der Waals surface area contributed by atoms with Crippen LogP contribution in [-0.2, 0) is 12.8 Å². The summed E-state index contributed by atoms with van der Waals surface area (Å²) in [5.41, 5.74) is 11.0. The van der Waals surface area contributed by atoms with Gasteiger partial charge in [0.15, 0.2) is 17.2 Å². The van der Waals surface area contributed by atoms with Crippen molar-refractivity contribution in [2.45, 2.75) is 25.3 Å². The average Bonchev–Trinajstić information content (AvgIpc) is 3.15. The van der Waals surface area contributed by atoms with Gasteiger partial charge in [0.1, 0.15) is 17.8 Å². The quantitative estimate of drug-likeness (QED) is 0.574. The van der Waals surface area contributed by atoms with Crippen LogP contribution in [0.1, 0.15) is 23.6 Å². The number of nitrogens with zero attached hydrogens (tertiary/aromatic N) is 4. The summed E-state index contributed by atoms with van der Waals surface area (Å²) >= 11 is 0. The molecule has 0 bridgehead atoms. The smallest absolute Gasteiger partial charge is 0.165 e. The van der Waals surface area contributed by atoms with E-state index in [1.54, 1.807) is 12.1 Å². The number of nitrogens with two attached hydrogens (primary N) is 1. The van der Waals surface area contributed by atoms with Gasteiger partial charge in [-0.2, -0.15) is 5.10 Å². The maximum Gasteiger partial charge on any atom is 0.165 e. The van der Waals surface area contributed by atoms with Crippen LogP contribution in [-0.4, -0.2) is 26.9 Å². The van der Waals surface area contributed by atoms with E-state index in [0.29, 0.717) is 28.1 Å². The minimum atomic E-state index is -0.423. The Labute approximate surface area is 167 Å². The van der Waals surface area contributed by atoms with E-state index in [0.717, 1.165) is 19.3 Å². The highest BCUT2D eigenvalue weighted by Gasteiger charge is 2.26. The molecule has 146 valence electrons. The summed E-state index contributed by atoms with van der Waals surface area (Å²) < 4.78 is 21.0. The van der Waals surface area contributed by atoms with Crippen molar-refractivity contribution in [3.8, 4) is 17.0 Å². The molecule has 5 rings (SSSR count). The zero-order valence-corrected chi connectivity index (χ0v) is 16.0. The van der Waals surface area contributed by atoms with Crippen LogP contribution in [0.4, 0.5) is 10.2 Å². The number of anilines is 1. The number of halogens is 1. The van der Waals surface area contributed by atoms with Crippen molar-refractivity contribution in [2.75, 3.05) is 12.8 Å². The van der Waals surface area contributed by atoms with Gasteiger partial charge in [-0.3, -0.25) is 0 Å². The topological polar surface area (TPSA) is 78.8 Å². The second-order valence-corrected chi connectivity index (χ2v) is 7.27. The first-order chi connectivity index (χ1) is 14.2. The number of aromatic nitrogens is 4. The standard InChI is InChI=1S/C22H20FN5O/c1-29-18-11-15(7-9-17(18)23)20-19-21(24)25-12-26-22(19)28(27-20)16-8-6-13-4-2-3-5-14(13)10-16/h2-5,7,9,11-12,16H,6,8,10H2,1H3,(H2,24,25,26). The van der Waals surface area contributed by atoms with E-state index in [1.807, 2.05) is 4.68 Å². The Bertz CT molecular complexity index is 1220. The minimum Gasteiger partial charge on any atom is -0.494 e. The van der Waals surface area contributed by atoms with Gasteiger partial charge in [0.2, 0.25) is 0 Å². The number of rotatable bonds is 3. The molecule has 6 nitrogen and oxygen atoms in total. The van der Waals surface area contributed by atoms with E-state index < -0.39 is 5.82 Å². The molecule has 0 radical (unpaired) electrons. The van der Waals surface area contributed by atoms with Gasteiger partial charge < -0.3 is 10.5 Å². The minimum absolute atomic E-state index is 0.159. The fourth-order valence-corrected chi connectivity index (χ4v) is 4.15. The van der Waals surface area contributed by atoms with Gasteiger partial charge in [-0.1, -0.05) is 24.3 Å². The molecule has 1 aliphatic rings. The van der Waals surface area contributed by atoms with E-state index in [1.165, 1.54) is 30.6 Å². The van der Waals surface area contributed by atoms with Crippen LogP contribution in [0.5, 0.6) is 5.75 Å². The first-order valence-corrected chi connectivity index (χ1v) is 9.55. The molecule has 0 amide bonds. The summed E-state index contributed by atoms with van der Waals surface area (Å²) in [7, 11) is 1.44. The van der Waals surface area contributed by atoms with Gasteiger partial charge in [-0.05, 0) is 48.6 Å². The zero-order valence-electron chi connectivity index (χ0n) is 16.0. The van der Waals surface area contributed by atoms with Crippen molar-refractivity contribution in [3.05, 3.63) is 65.7 Å². The van der Waals surface area contributed by atoms with Crippen LogP contribution in [0, 0.1) is 5.82 Å². The Balaban J connectivity index is 1.66. The Morgan fingerprint density at radius 3 is 2.79 bits per heavy atom. The van der Waals surface area contributed by atoms with Crippen LogP contribution in [0.15, 0.2) is 48.8 Å². The van der Waals surface area contributed by atoms with E-state index in [2.05, 4.69) is 34.2 Å². The van der Waals surface area contributed by atoms with Crippen LogP contribution in [0.25, 0.3) is 22.3 Å². The third-order valence-electron chi connectivity index (χ3n) is 5.61. The van der Waals surface area contributed by atoms with Crippen LogP contribution < -0.4 is 10.5 Å². The Hall–Kier alpha value is -3.48. The van der Waals surface area contributed by atoms with Gasteiger partial charge >= 0.3 is 0 Å². The predicted molar refractivity (Wildman–Crippen MR) is 109 cm³/mol. The van der Waals surface area contributed by atoms with Gasteiger partial charge in [-0.15, -0.1) is 0 Å². The molecular weight excluding hydrogens is 369 g/mol. The van der Waals surface area contributed by atoms with Gasteiger partial charge in [0, 0.05) is 5.56 Å². The maximum absolute atomic E-state index is 13.9. The summed E-state index contributed by atoms with van der Waals surface area (Å²) in [6.45, 7) is 0. The number of methoxy groups -OCH3 is 1. The summed E-state index contributed by atoms with van der Waals surface area (Å²) in [5.74, 6) is 0.0936. The molecule has 1 atom stereocenters. The lowest BCUT2D eigenvalue weighted by Gasteiger charge is -2.25. The molecule has 0 spiro atoms. The number of hydrogen-bond acceptors (Lipinski definition) is 5. The molecule has 0 fully saturated rings. The molecule has 2 aromatic carbocycles. The van der Waals surface area contributed by atoms with Gasteiger partial charge in [0.05, 0.1) is 18.5 Å². The third-order valence-corrected chi connectivity index (χ3v) is 5.61. The molecule has 0 saturated heterocycles. The molecule has 0 aliphatic heterocycles. The van der Waals surface area contributed by atoms with Crippen molar-refractivity contribution in [2.24, 2.45) is 0 Å². The Morgan fingerprint density at radius 1 is 1.14 bits per heavy atom. The lowest BCUT2D eigenvalue weighted by molar-refractivity contribution is 0.386. The van der Waals surface area contributed by atoms with E-state index in [4.69, 9.17) is 15.6 Å². The molecule has 1 aliphatic carbocycles. The van der Waals surface area contributed by atoms with Crippen molar-refractivity contribution in [1.29, 1.82) is 0 Å². The second-order valence-electron chi connectivity index (χ2n) is 7.27. The summed E-state index contributed by atoms with van der Waals surface area (Å²) in [6, 6.07) is 13.3. The van der Waals surface area contributed by atoms with Gasteiger partial charge in [-0.25, -0.2) is 19.0 Å². The van der Waals surface area contributed by atoms with Crippen molar-refractivity contribution < 1.29 is 9.13 Å². The van der Waals surface area contributed by atoms with Crippen LogP contribution >= 0.6 is 0 Å². The molecule has 7 heteroatoms. The first kappa shape index (κ1) is 17.6. The fourth-order valence-electron chi connectivity index (χ4n) is 4.15. The molecular formula is C22H20FN5O. The summed E-state index contributed by atoms with van der Waals surface area (Å²) in [4.78, 5) is 8.64. The highest BCUT2D eigenvalue weighted by molar-refractivity contribution is 5.98. The SMILES string of the molecule is COc1cc(-c2nn(C3CCc4ccccc4C3)c3ncnc(N)c23)ccc1F. The molecule has 1 unspecified atom stereocenters. The number of aryl methyl sites for hydroxylation is 1. The number of ether oxygens (including phenoxy) is 1. The molecule has 4 aromatic rings. The molecule has 29 heavy (non-hydrogen) atoms. The summed E-state index contributed by atoms with van der Waals surface area (Å²) in [6.07, 6.45) is 4.29. The largest absolute Gasteiger partial charge is 0.494 e. The second kappa shape index (κ2) is 6.84. The number of hydrogen-bond donors (Lipinski definition) is 1. The maximum atomic E-state index is 13.9. The monoisotopic (exact) mass is 389 g/mol. The Morgan fingerprint density at radius 2 is 1.97 bits per heavy atom. The lowest BCUT2D eigenvalue weighted by atomic mass is 9.88. The molecule has 2 aromatic heterocycles. The number of nitrogen functional groups attached to an aromatic ring is 1.